The molecule has 5 nitrogen and oxygen atoms in total. The van der Waals surface area contributed by atoms with Crippen LogP contribution in [0.4, 0.5) is 0 Å². The molecule has 1 N–H and O–H groups in total. The third-order valence-corrected chi connectivity index (χ3v) is 3.64. The molecular formula is C13H29N3O2. The highest BCUT2D eigenvalue weighted by Crippen LogP contribution is 2.05. The quantitative estimate of drug-likeness (QED) is 0.784. The van der Waals surface area contributed by atoms with Crippen LogP contribution < -0.4 is 5.32 Å². The monoisotopic (exact) mass is 259 g/mol. The Morgan fingerprint density at radius 3 is 2.61 bits per heavy atom. The van der Waals surface area contributed by atoms with Gasteiger partial charge in [-0.05, 0) is 20.4 Å². The van der Waals surface area contributed by atoms with E-state index in [1.807, 2.05) is 5.06 Å². The smallest absolute Gasteiger partial charge is 0.0697 e. The fourth-order valence-electron chi connectivity index (χ4n) is 2.06. The molecule has 2 aliphatic heterocycles. The summed E-state index contributed by atoms with van der Waals surface area (Å²) in [6.45, 7) is 10.5. The predicted molar refractivity (Wildman–Crippen MR) is 73.6 cm³/mol. The van der Waals surface area contributed by atoms with E-state index in [-0.39, 0.29) is 0 Å². The minimum atomic E-state index is 0.476. The number of hydrogen-bond acceptors (Lipinski definition) is 5. The minimum absolute atomic E-state index is 0.476. The van der Waals surface area contributed by atoms with Crippen LogP contribution in [0, 0.1) is 0 Å². The number of nitrogens with zero attached hydrogens (tertiary/aromatic N) is 2. The summed E-state index contributed by atoms with van der Waals surface area (Å²) in [5.41, 5.74) is 0. The molecule has 0 spiro atoms. The molecule has 0 aromatic carbocycles. The Morgan fingerprint density at radius 2 is 2.17 bits per heavy atom. The van der Waals surface area contributed by atoms with Gasteiger partial charge in [0.15, 0.2) is 0 Å². The number of nitrogens with one attached hydrogen (secondary N) is 1. The van der Waals surface area contributed by atoms with Gasteiger partial charge in [0, 0.05) is 38.8 Å². The van der Waals surface area contributed by atoms with Crippen LogP contribution >= 0.6 is 0 Å². The molecule has 2 heterocycles. The van der Waals surface area contributed by atoms with E-state index in [0.29, 0.717) is 12.1 Å². The van der Waals surface area contributed by atoms with E-state index in [9.17, 15) is 0 Å². The topological polar surface area (TPSA) is 37.0 Å². The standard InChI is InChI=1S/C7H16N2O.C6H13NO/c1-7-6-9(10-3)5-4-8(7)2;1-2-6-5-7-3-4-8-6/h7H,4-6H2,1-3H3;6-7H,2-5H2,1H3. The van der Waals surface area contributed by atoms with E-state index in [1.54, 1.807) is 7.11 Å². The van der Waals surface area contributed by atoms with Crippen LogP contribution in [-0.4, -0.2) is 75.6 Å². The fraction of sp³-hybridized carbons (Fsp3) is 1.00. The zero-order chi connectivity index (χ0) is 13.4. The van der Waals surface area contributed by atoms with Gasteiger partial charge in [0.2, 0.25) is 0 Å². The molecule has 2 saturated heterocycles. The van der Waals surface area contributed by atoms with E-state index in [4.69, 9.17) is 9.57 Å². The highest BCUT2D eigenvalue weighted by molar-refractivity contribution is 4.71. The summed E-state index contributed by atoms with van der Waals surface area (Å²) in [7, 11) is 3.88. The summed E-state index contributed by atoms with van der Waals surface area (Å²) in [4.78, 5) is 7.46. The first-order chi connectivity index (χ1) is 8.67. The van der Waals surface area contributed by atoms with E-state index in [2.05, 4.69) is 31.1 Å². The van der Waals surface area contributed by atoms with Crippen molar-refractivity contribution in [1.29, 1.82) is 0 Å². The second-order valence-corrected chi connectivity index (χ2v) is 5.01. The Balaban J connectivity index is 0.000000184. The predicted octanol–water partition coefficient (Wildman–Crippen LogP) is 0.569. The third-order valence-electron chi connectivity index (χ3n) is 3.64. The van der Waals surface area contributed by atoms with Crippen molar-refractivity contribution < 1.29 is 9.57 Å². The molecule has 2 aliphatic rings. The lowest BCUT2D eigenvalue weighted by Crippen LogP contribution is -2.49. The highest BCUT2D eigenvalue weighted by Gasteiger charge is 2.19. The summed E-state index contributed by atoms with van der Waals surface area (Å²) >= 11 is 0. The molecule has 2 fully saturated rings. The molecule has 0 aromatic heterocycles. The van der Waals surface area contributed by atoms with Gasteiger partial charge in [-0.2, -0.15) is 5.06 Å². The van der Waals surface area contributed by atoms with Crippen LogP contribution in [0.1, 0.15) is 20.3 Å². The Kier molecular flexibility index (Phi) is 7.77. The first kappa shape index (κ1) is 15.9. The Labute approximate surface area is 111 Å². The van der Waals surface area contributed by atoms with E-state index in [0.717, 1.165) is 45.8 Å². The molecule has 108 valence electrons. The van der Waals surface area contributed by atoms with Crippen molar-refractivity contribution in [2.45, 2.75) is 32.4 Å². The number of hydroxylamine groups is 2. The maximum Gasteiger partial charge on any atom is 0.0697 e. The van der Waals surface area contributed by atoms with Crippen molar-refractivity contribution in [2.24, 2.45) is 0 Å². The van der Waals surface area contributed by atoms with Gasteiger partial charge in [-0.1, -0.05) is 6.92 Å². The summed E-state index contributed by atoms with van der Waals surface area (Å²) in [5.74, 6) is 0. The molecule has 2 rings (SSSR count). The van der Waals surface area contributed by atoms with Crippen LogP contribution in [0.2, 0.25) is 0 Å². The van der Waals surface area contributed by atoms with Crippen molar-refractivity contribution >= 4 is 0 Å². The van der Waals surface area contributed by atoms with Crippen molar-refractivity contribution in [2.75, 3.05) is 53.5 Å². The number of likely N-dealkylation sites (N-methyl/N-ethyl adjacent to an activating group) is 1. The van der Waals surface area contributed by atoms with Crippen molar-refractivity contribution in [3.63, 3.8) is 0 Å². The molecule has 0 aromatic rings. The summed E-state index contributed by atoms with van der Waals surface area (Å²) in [5, 5.41) is 5.27. The SMILES string of the molecule is CCC1CNCCO1.CON1CCN(C)C(C)C1. The normalized spacial score (nSPS) is 30.7. The average molecular weight is 259 g/mol. The number of hydrogen-bond donors (Lipinski definition) is 1. The molecule has 2 atom stereocenters. The number of ether oxygens (including phenoxy) is 1. The number of piperazine rings is 1. The van der Waals surface area contributed by atoms with Crippen molar-refractivity contribution in [3.8, 4) is 0 Å². The highest BCUT2D eigenvalue weighted by atomic mass is 16.7. The van der Waals surface area contributed by atoms with Crippen molar-refractivity contribution in [1.82, 2.24) is 15.3 Å². The number of morpholine rings is 1. The average Bonchev–Trinajstić information content (AvgIpc) is 2.43. The lowest BCUT2D eigenvalue weighted by atomic mass is 10.2. The lowest BCUT2D eigenvalue weighted by molar-refractivity contribution is -0.160. The van der Waals surface area contributed by atoms with Crippen LogP contribution in [-0.2, 0) is 9.57 Å². The molecule has 5 heteroatoms. The van der Waals surface area contributed by atoms with Gasteiger partial charge >= 0.3 is 0 Å². The largest absolute Gasteiger partial charge is 0.376 e. The molecule has 0 amide bonds. The summed E-state index contributed by atoms with van der Waals surface area (Å²) < 4.78 is 5.36. The fourth-order valence-corrected chi connectivity index (χ4v) is 2.06. The van der Waals surface area contributed by atoms with Crippen LogP contribution in [0.5, 0.6) is 0 Å². The van der Waals surface area contributed by atoms with Gasteiger partial charge in [-0.25, -0.2) is 0 Å². The molecule has 2 unspecified atom stereocenters. The molecule has 0 aliphatic carbocycles. The second-order valence-electron chi connectivity index (χ2n) is 5.01. The molecule has 0 bridgehead atoms. The van der Waals surface area contributed by atoms with Crippen molar-refractivity contribution in [3.05, 3.63) is 0 Å². The maximum absolute atomic E-state index is 5.36. The molecule has 0 saturated carbocycles. The van der Waals surface area contributed by atoms with Gasteiger partial charge in [0.05, 0.1) is 19.8 Å². The first-order valence-electron chi connectivity index (χ1n) is 6.99. The van der Waals surface area contributed by atoms with E-state index >= 15 is 0 Å². The minimum Gasteiger partial charge on any atom is -0.376 e. The summed E-state index contributed by atoms with van der Waals surface area (Å²) in [6, 6.07) is 0.619. The molecular weight excluding hydrogens is 230 g/mol. The third kappa shape index (κ3) is 5.63. The van der Waals surface area contributed by atoms with Crippen LogP contribution in [0.25, 0.3) is 0 Å². The van der Waals surface area contributed by atoms with Gasteiger partial charge in [0.1, 0.15) is 0 Å². The Morgan fingerprint density at radius 1 is 1.39 bits per heavy atom. The Hall–Kier alpha value is -0.200. The van der Waals surface area contributed by atoms with E-state index < -0.39 is 0 Å². The second kappa shape index (κ2) is 8.82. The zero-order valence-corrected chi connectivity index (χ0v) is 12.3. The summed E-state index contributed by atoms with van der Waals surface area (Å²) in [6.07, 6.45) is 1.61. The number of rotatable bonds is 2. The van der Waals surface area contributed by atoms with Gasteiger partial charge in [-0.15, -0.1) is 0 Å². The lowest BCUT2D eigenvalue weighted by Gasteiger charge is -2.35. The maximum atomic E-state index is 5.36. The Bertz CT molecular complexity index is 210. The van der Waals surface area contributed by atoms with Gasteiger partial charge in [0.25, 0.3) is 0 Å². The van der Waals surface area contributed by atoms with Crippen LogP contribution in [0.3, 0.4) is 0 Å². The molecule has 18 heavy (non-hydrogen) atoms. The van der Waals surface area contributed by atoms with E-state index in [1.165, 1.54) is 0 Å². The molecule has 0 radical (unpaired) electrons. The zero-order valence-electron chi connectivity index (χ0n) is 12.3. The van der Waals surface area contributed by atoms with Gasteiger partial charge in [-0.3, -0.25) is 0 Å². The first-order valence-corrected chi connectivity index (χ1v) is 6.99. The van der Waals surface area contributed by atoms with Crippen LogP contribution in [0.15, 0.2) is 0 Å². The van der Waals surface area contributed by atoms with Gasteiger partial charge < -0.3 is 19.8 Å².